The van der Waals surface area contributed by atoms with Crippen molar-refractivity contribution in [2.24, 2.45) is 11.8 Å². The lowest BCUT2D eigenvalue weighted by molar-refractivity contribution is 0.377. The van der Waals surface area contributed by atoms with Gasteiger partial charge in [-0.2, -0.15) is 0 Å². The molecule has 0 saturated carbocycles. The number of hydrogen-bond donors (Lipinski definition) is 0. The minimum absolute atomic E-state index is 0.825. The summed E-state index contributed by atoms with van der Waals surface area (Å²) in [7, 11) is 0. The average Bonchev–Trinajstić information content (AvgIpc) is 2.04. The maximum Gasteiger partial charge on any atom is -0.0360 e. The molecule has 0 rings (SSSR count). The summed E-state index contributed by atoms with van der Waals surface area (Å²) in [5.74, 6) is 1.79. The maximum absolute atomic E-state index is 2.44. The Kier molecular flexibility index (Phi) is 7.64. The molecule has 0 aromatic rings. The molecule has 0 saturated heterocycles. The molecule has 0 aromatic carbocycles. The van der Waals surface area contributed by atoms with Crippen molar-refractivity contribution in [2.75, 3.05) is 0 Å². The van der Waals surface area contributed by atoms with Gasteiger partial charge < -0.3 is 0 Å². The predicted molar refractivity (Wildman–Crippen MR) is 57.1 cm³/mol. The minimum atomic E-state index is 0.825. The largest absolute Gasteiger partial charge is 0.0654 e. The fraction of sp³-hybridized carbons (Fsp3) is 0.917. The molecule has 0 aliphatic heterocycles. The third-order valence-electron chi connectivity index (χ3n) is 2.62. The summed E-state index contributed by atoms with van der Waals surface area (Å²) in [6, 6.07) is 0. The second-order valence-electron chi connectivity index (χ2n) is 3.92. The first-order valence-corrected chi connectivity index (χ1v) is 5.57. The maximum atomic E-state index is 2.44. The molecule has 73 valence electrons. The van der Waals surface area contributed by atoms with Gasteiger partial charge in [0, 0.05) is 0 Å². The van der Waals surface area contributed by atoms with Gasteiger partial charge in [0.25, 0.3) is 0 Å². The van der Waals surface area contributed by atoms with E-state index in [-0.39, 0.29) is 0 Å². The highest BCUT2D eigenvalue weighted by atomic mass is 14.1. The van der Waals surface area contributed by atoms with E-state index in [0.717, 1.165) is 11.8 Å². The summed E-state index contributed by atoms with van der Waals surface area (Å²) in [6.07, 6.45) is 9.19. The van der Waals surface area contributed by atoms with E-state index in [1.54, 1.807) is 0 Å². The Hall–Kier alpha value is 0. The second kappa shape index (κ2) is 7.64. The van der Waals surface area contributed by atoms with Gasteiger partial charge in [0.05, 0.1) is 0 Å². The van der Waals surface area contributed by atoms with E-state index in [1.165, 1.54) is 32.1 Å². The first-order valence-electron chi connectivity index (χ1n) is 5.57. The Morgan fingerprint density at radius 1 is 1.17 bits per heavy atom. The fourth-order valence-electron chi connectivity index (χ4n) is 1.92. The van der Waals surface area contributed by atoms with Gasteiger partial charge in [-0.15, -0.1) is 0 Å². The molecule has 0 nitrogen and oxygen atoms in total. The third kappa shape index (κ3) is 5.62. The van der Waals surface area contributed by atoms with E-state index in [2.05, 4.69) is 34.1 Å². The molecule has 2 unspecified atom stereocenters. The van der Waals surface area contributed by atoms with E-state index in [0.29, 0.717) is 0 Å². The molecule has 12 heavy (non-hydrogen) atoms. The summed E-state index contributed by atoms with van der Waals surface area (Å²) in [5.41, 5.74) is 0. The lowest BCUT2D eigenvalue weighted by Crippen LogP contribution is -2.05. The van der Waals surface area contributed by atoms with Gasteiger partial charge in [-0.3, -0.25) is 0 Å². The van der Waals surface area contributed by atoms with Gasteiger partial charge in [-0.05, 0) is 24.7 Å². The first-order chi connectivity index (χ1) is 5.74. The predicted octanol–water partition coefficient (Wildman–Crippen LogP) is 4.45. The van der Waals surface area contributed by atoms with Crippen LogP contribution in [0.4, 0.5) is 0 Å². The van der Waals surface area contributed by atoms with Gasteiger partial charge in [-0.1, -0.05) is 53.4 Å². The van der Waals surface area contributed by atoms with Gasteiger partial charge in [0.1, 0.15) is 0 Å². The third-order valence-corrected chi connectivity index (χ3v) is 2.62. The van der Waals surface area contributed by atoms with Crippen LogP contribution in [0.2, 0.25) is 0 Å². The van der Waals surface area contributed by atoms with Gasteiger partial charge in [0.2, 0.25) is 0 Å². The number of hydrogen-bond acceptors (Lipinski definition) is 0. The molecule has 2 atom stereocenters. The van der Waals surface area contributed by atoms with Crippen molar-refractivity contribution in [3.8, 4) is 0 Å². The highest BCUT2D eigenvalue weighted by Crippen LogP contribution is 2.22. The topological polar surface area (TPSA) is 0 Å². The Labute approximate surface area is 78.8 Å². The van der Waals surface area contributed by atoms with Gasteiger partial charge in [-0.25, -0.2) is 0 Å². The molecular formula is C12H25. The van der Waals surface area contributed by atoms with Crippen molar-refractivity contribution in [1.29, 1.82) is 0 Å². The highest BCUT2D eigenvalue weighted by Gasteiger charge is 2.09. The van der Waals surface area contributed by atoms with Crippen LogP contribution in [0.1, 0.15) is 59.8 Å². The lowest BCUT2D eigenvalue weighted by Gasteiger charge is -2.18. The highest BCUT2D eigenvalue weighted by molar-refractivity contribution is 4.73. The molecule has 0 N–H and O–H groups in total. The first kappa shape index (κ1) is 12.0. The SMILES string of the molecule is CC[CH]C(C)CC(CC)CCC. The Bertz CT molecular complexity index is 86.0. The van der Waals surface area contributed by atoms with Crippen LogP contribution in [-0.2, 0) is 0 Å². The van der Waals surface area contributed by atoms with E-state index in [4.69, 9.17) is 0 Å². The van der Waals surface area contributed by atoms with E-state index >= 15 is 0 Å². The quantitative estimate of drug-likeness (QED) is 0.528. The smallest absolute Gasteiger partial charge is 0.0360 e. The average molecular weight is 169 g/mol. The van der Waals surface area contributed by atoms with Crippen LogP contribution < -0.4 is 0 Å². The van der Waals surface area contributed by atoms with Gasteiger partial charge >= 0.3 is 0 Å². The Morgan fingerprint density at radius 2 is 1.83 bits per heavy atom. The van der Waals surface area contributed by atoms with Crippen LogP contribution in [-0.4, -0.2) is 0 Å². The van der Waals surface area contributed by atoms with Crippen LogP contribution in [0, 0.1) is 18.3 Å². The van der Waals surface area contributed by atoms with Crippen molar-refractivity contribution in [3.63, 3.8) is 0 Å². The standard InChI is InChI=1S/C12H25/c1-5-8-11(4)10-12(7-3)9-6-2/h8,11-12H,5-7,9-10H2,1-4H3. The molecule has 0 heteroatoms. The van der Waals surface area contributed by atoms with Crippen molar-refractivity contribution >= 4 is 0 Å². The van der Waals surface area contributed by atoms with Crippen molar-refractivity contribution in [3.05, 3.63) is 6.42 Å². The van der Waals surface area contributed by atoms with E-state index in [1.807, 2.05) is 0 Å². The monoisotopic (exact) mass is 169 g/mol. The van der Waals surface area contributed by atoms with Crippen LogP contribution in [0.15, 0.2) is 0 Å². The van der Waals surface area contributed by atoms with E-state index in [9.17, 15) is 0 Å². The molecule has 0 fully saturated rings. The minimum Gasteiger partial charge on any atom is -0.0654 e. The summed E-state index contributed by atoms with van der Waals surface area (Å²) < 4.78 is 0. The van der Waals surface area contributed by atoms with Crippen LogP contribution in [0.3, 0.4) is 0 Å². The summed E-state index contributed by atoms with van der Waals surface area (Å²) in [6.45, 7) is 9.19. The zero-order valence-corrected chi connectivity index (χ0v) is 9.27. The molecule has 0 spiro atoms. The van der Waals surface area contributed by atoms with Crippen molar-refractivity contribution in [1.82, 2.24) is 0 Å². The van der Waals surface area contributed by atoms with Crippen LogP contribution in [0.25, 0.3) is 0 Å². The zero-order valence-electron chi connectivity index (χ0n) is 9.27. The molecule has 0 aliphatic rings. The van der Waals surface area contributed by atoms with Crippen LogP contribution in [0.5, 0.6) is 0 Å². The summed E-state index contributed by atoms with van der Waals surface area (Å²) in [4.78, 5) is 0. The fourth-order valence-corrected chi connectivity index (χ4v) is 1.92. The normalized spacial score (nSPS) is 16.0. The molecule has 1 radical (unpaired) electrons. The Balaban J connectivity index is 3.53. The molecule has 0 heterocycles. The van der Waals surface area contributed by atoms with Crippen molar-refractivity contribution < 1.29 is 0 Å². The van der Waals surface area contributed by atoms with Gasteiger partial charge in [0.15, 0.2) is 0 Å². The molecule has 0 aromatic heterocycles. The zero-order chi connectivity index (χ0) is 9.40. The molecule has 0 amide bonds. The van der Waals surface area contributed by atoms with Crippen LogP contribution >= 0.6 is 0 Å². The van der Waals surface area contributed by atoms with E-state index < -0.39 is 0 Å². The molecule has 0 aliphatic carbocycles. The summed E-state index contributed by atoms with van der Waals surface area (Å²) in [5, 5.41) is 0. The second-order valence-corrected chi connectivity index (χ2v) is 3.92. The summed E-state index contributed by atoms with van der Waals surface area (Å²) >= 11 is 0. The molecular weight excluding hydrogens is 144 g/mol. The lowest BCUT2D eigenvalue weighted by atomic mass is 9.88. The van der Waals surface area contributed by atoms with Crippen molar-refractivity contribution in [2.45, 2.75) is 59.8 Å². The Morgan fingerprint density at radius 3 is 2.25 bits per heavy atom. The molecule has 0 bridgehead atoms. The number of rotatable bonds is 7.